The van der Waals surface area contributed by atoms with Gasteiger partial charge in [0.2, 0.25) is 0 Å². The van der Waals surface area contributed by atoms with Crippen molar-refractivity contribution in [3.63, 3.8) is 0 Å². The second-order valence-corrected chi connectivity index (χ2v) is 5.55. The van der Waals surface area contributed by atoms with Crippen LogP contribution in [0, 0.1) is 5.92 Å². The van der Waals surface area contributed by atoms with E-state index in [0.29, 0.717) is 18.3 Å². The monoisotopic (exact) mass is 254 g/mol. The summed E-state index contributed by atoms with van der Waals surface area (Å²) in [5.41, 5.74) is 0. The normalized spacial score (nSPS) is 18.9. The summed E-state index contributed by atoms with van der Waals surface area (Å²) in [6.07, 6.45) is 1.76. The van der Waals surface area contributed by atoms with Crippen molar-refractivity contribution in [2.24, 2.45) is 5.92 Å². The van der Waals surface area contributed by atoms with E-state index in [1.165, 1.54) is 0 Å². The van der Waals surface area contributed by atoms with Crippen molar-refractivity contribution in [3.05, 3.63) is 24.3 Å². The molecule has 0 radical (unpaired) electrons. The number of phenols is 1. The minimum absolute atomic E-state index is 0.224. The van der Waals surface area contributed by atoms with Gasteiger partial charge in [0.1, 0.15) is 18.1 Å². The Morgan fingerprint density at radius 3 is 2.53 bits per heavy atom. The zero-order valence-corrected chi connectivity index (χ0v) is 10.5. The van der Waals surface area contributed by atoms with Crippen molar-refractivity contribution in [1.29, 1.82) is 0 Å². The average Bonchev–Trinajstić information content (AvgIpc) is 2.39. The highest BCUT2D eigenvalue weighted by molar-refractivity contribution is 7.99. The number of hydrogen-bond donors (Lipinski definition) is 2. The van der Waals surface area contributed by atoms with E-state index in [0.717, 1.165) is 24.3 Å². The maximum absolute atomic E-state index is 10.0. The standard InChI is InChI=1S/C13H18O3S/c14-11-1-3-12(4-2-11)16-9-13(15)10-5-7-17-8-6-10/h1-4,10,13-15H,5-9H2. The zero-order valence-electron chi connectivity index (χ0n) is 9.71. The average molecular weight is 254 g/mol. The smallest absolute Gasteiger partial charge is 0.119 e. The number of phenolic OH excluding ortho intramolecular Hbond substituents is 1. The molecule has 0 bridgehead atoms. The van der Waals surface area contributed by atoms with Crippen molar-refractivity contribution in [1.82, 2.24) is 0 Å². The van der Waals surface area contributed by atoms with Gasteiger partial charge >= 0.3 is 0 Å². The number of benzene rings is 1. The SMILES string of the molecule is Oc1ccc(OCC(O)C2CCSCC2)cc1. The predicted molar refractivity (Wildman–Crippen MR) is 69.7 cm³/mol. The lowest BCUT2D eigenvalue weighted by molar-refractivity contribution is 0.0534. The van der Waals surface area contributed by atoms with E-state index in [-0.39, 0.29) is 11.9 Å². The molecule has 0 aromatic heterocycles. The first-order chi connectivity index (χ1) is 8.25. The van der Waals surface area contributed by atoms with Crippen LogP contribution in [0.4, 0.5) is 0 Å². The first-order valence-electron chi connectivity index (χ1n) is 5.93. The van der Waals surface area contributed by atoms with Crippen LogP contribution in [-0.2, 0) is 0 Å². The van der Waals surface area contributed by atoms with Crippen LogP contribution in [0.1, 0.15) is 12.8 Å². The van der Waals surface area contributed by atoms with Crippen molar-refractivity contribution >= 4 is 11.8 Å². The van der Waals surface area contributed by atoms with Crippen LogP contribution in [0.3, 0.4) is 0 Å². The number of aromatic hydroxyl groups is 1. The van der Waals surface area contributed by atoms with Gasteiger partial charge in [0, 0.05) is 0 Å². The maximum atomic E-state index is 10.0. The van der Waals surface area contributed by atoms with Gasteiger partial charge in [-0.3, -0.25) is 0 Å². The number of aliphatic hydroxyl groups excluding tert-OH is 1. The van der Waals surface area contributed by atoms with Gasteiger partial charge in [-0.2, -0.15) is 11.8 Å². The summed E-state index contributed by atoms with van der Waals surface area (Å²) in [4.78, 5) is 0. The van der Waals surface area contributed by atoms with Crippen LogP contribution in [0.5, 0.6) is 11.5 Å². The van der Waals surface area contributed by atoms with Crippen molar-refractivity contribution in [3.8, 4) is 11.5 Å². The van der Waals surface area contributed by atoms with Gasteiger partial charge in [-0.1, -0.05) is 0 Å². The number of ether oxygens (including phenoxy) is 1. The Kier molecular flexibility index (Phi) is 4.57. The molecule has 0 spiro atoms. The molecule has 2 rings (SSSR count). The molecule has 1 aliphatic heterocycles. The van der Waals surface area contributed by atoms with E-state index in [1.807, 2.05) is 11.8 Å². The molecule has 17 heavy (non-hydrogen) atoms. The zero-order chi connectivity index (χ0) is 12.1. The summed E-state index contributed by atoms with van der Waals surface area (Å²) in [5, 5.41) is 19.1. The lowest BCUT2D eigenvalue weighted by Crippen LogP contribution is -2.30. The Balaban J connectivity index is 1.78. The first kappa shape index (κ1) is 12.6. The van der Waals surface area contributed by atoms with Crippen molar-refractivity contribution in [2.75, 3.05) is 18.1 Å². The van der Waals surface area contributed by atoms with Crippen molar-refractivity contribution in [2.45, 2.75) is 18.9 Å². The Morgan fingerprint density at radius 2 is 1.88 bits per heavy atom. The van der Waals surface area contributed by atoms with Gasteiger partial charge in [0.05, 0.1) is 6.10 Å². The summed E-state index contributed by atoms with van der Waals surface area (Å²) < 4.78 is 5.51. The topological polar surface area (TPSA) is 49.7 Å². The summed E-state index contributed by atoms with van der Waals surface area (Å²) in [6.45, 7) is 0.333. The fraction of sp³-hybridized carbons (Fsp3) is 0.538. The predicted octanol–water partition coefficient (Wildman–Crippen LogP) is 2.28. The molecule has 1 aromatic rings. The Hall–Kier alpha value is -0.870. The van der Waals surface area contributed by atoms with Gasteiger partial charge in [-0.25, -0.2) is 0 Å². The van der Waals surface area contributed by atoms with Gasteiger partial charge in [0.25, 0.3) is 0 Å². The van der Waals surface area contributed by atoms with Gasteiger partial charge in [-0.05, 0) is 54.5 Å². The molecule has 1 unspecified atom stereocenters. The minimum atomic E-state index is -0.385. The summed E-state index contributed by atoms with van der Waals surface area (Å²) in [6, 6.07) is 6.58. The molecule has 2 N–H and O–H groups in total. The minimum Gasteiger partial charge on any atom is -0.508 e. The largest absolute Gasteiger partial charge is 0.508 e. The Labute approximate surface area is 106 Å². The van der Waals surface area contributed by atoms with Crippen LogP contribution in [-0.4, -0.2) is 34.4 Å². The summed E-state index contributed by atoms with van der Waals surface area (Å²) in [7, 11) is 0. The molecule has 0 amide bonds. The molecule has 1 heterocycles. The van der Waals surface area contributed by atoms with Gasteiger partial charge in [-0.15, -0.1) is 0 Å². The van der Waals surface area contributed by atoms with E-state index in [4.69, 9.17) is 9.84 Å². The fourth-order valence-corrected chi connectivity index (χ4v) is 3.10. The molecule has 4 heteroatoms. The summed E-state index contributed by atoms with van der Waals surface area (Å²) >= 11 is 1.95. The highest BCUT2D eigenvalue weighted by Gasteiger charge is 2.22. The second-order valence-electron chi connectivity index (χ2n) is 4.32. The maximum Gasteiger partial charge on any atom is 0.119 e. The Morgan fingerprint density at radius 1 is 1.24 bits per heavy atom. The third-order valence-corrected chi connectivity index (χ3v) is 4.12. The van der Waals surface area contributed by atoms with Gasteiger partial charge < -0.3 is 14.9 Å². The number of thioether (sulfide) groups is 1. The number of hydrogen-bond acceptors (Lipinski definition) is 4. The van der Waals surface area contributed by atoms with E-state index in [9.17, 15) is 5.11 Å². The van der Waals surface area contributed by atoms with Gasteiger partial charge in [0.15, 0.2) is 0 Å². The van der Waals surface area contributed by atoms with Crippen LogP contribution in [0.2, 0.25) is 0 Å². The highest BCUT2D eigenvalue weighted by Crippen LogP contribution is 2.26. The van der Waals surface area contributed by atoms with Crippen LogP contribution in [0.25, 0.3) is 0 Å². The molecular weight excluding hydrogens is 236 g/mol. The van der Waals surface area contributed by atoms with Crippen LogP contribution < -0.4 is 4.74 Å². The van der Waals surface area contributed by atoms with E-state index in [2.05, 4.69) is 0 Å². The highest BCUT2D eigenvalue weighted by atomic mass is 32.2. The molecule has 1 saturated heterocycles. The van der Waals surface area contributed by atoms with E-state index < -0.39 is 0 Å². The third kappa shape index (κ3) is 3.82. The molecule has 1 aliphatic rings. The van der Waals surface area contributed by atoms with Crippen LogP contribution >= 0.6 is 11.8 Å². The Bertz CT molecular complexity index is 333. The fourth-order valence-electron chi connectivity index (χ4n) is 1.96. The third-order valence-electron chi connectivity index (χ3n) is 3.07. The number of rotatable bonds is 4. The second kappa shape index (κ2) is 6.17. The van der Waals surface area contributed by atoms with Crippen LogP contribution in [0.15, 0.2) is 24.3 Å². The lowest BCUT2D eigenvalue weighted by atomic mass is 9.96. The van der Waals surface area contributed by atoms with E-state index >= 15 is 0 Å². The molecule has 0 saturated carbocycles. The first-order valence-corrected chi connectivity index (χ1v) is 7.09. The van der Waals surface area contributed by atoms with Crippen molar-refractivity contribution < 1.29 is 14.9 Å². The van der Waals surface area contributed by atoms with E-state index in [1.54, 1.807) is 24.3 Å². The molecule has 1 aromatic carbocycles. The molecule has 1 fully saturated rings. The molecule has 0 aliphatic carbocycles. The molecule has 3 nitrogen and oxygen atoms in total. The number of aliphatic hydroxyl groups is 1. The summed E-state index contributed by atoms with van der Waals surface area (Å²) in [5.74, 6) is 3.56. The molecule has 1 atom stereocenters. The molecular formula is C13H18O3S. The quantitative estimate of drug-likeness (QED) is 0.865. The lowest BCUT2D eigenvalue weighted by Gasteiger charge is -2.26. The molecule has 94 valence electrons.